The van der Waals surface area contributed by atoms with Crippen molar-refractivity contribution >= 4 is 23.7 Å². The highest BCUT2D eigenvalue weighted by Crippen LogP contribution is 2.17. The third-order valence-electron chi connectivity index (χ3n) is 3.38. The number of rotatable bonds is 6. The predicted octanol–water partition coefficient (Wildman–Crippen LogP) is 3.88. The highest BCUT2D eigenvalue weighted by Gasteiger charge is 2.10. The van der Waals surface area contributed by atoms with Gasteiger partial charge in [0.15, 0.2) is 6.61 Å². The van der Waals surface area contributed by atoms with E-state index in [1.54, 1.807) is 12.3 Å². The molecular formula is C18H19ClN2O2. The Hall–Kier alpha value is -2.33. The summed E-state index contributed by atoms with van der Waals surface area (Å²) in [6.07, 6.45) is 1.60. The van der Waals surface area contributed by atoms with Gasteiger partial charge in [0.05, 0.1) is 12.3 Å². The van der Waals surface area contributed by atoms with Gasteiger partial charge < -0.3 is 10.2 Å². The van der Waals surface area contributed by atoms with Gasteiger partial charge in [-0.3, -0.25) is 4.79 Å². The molecule has 0 aliphatic carbocycles. The molecule has 1 amide bonds. The fourth-order valence-corrected chi connectivity index (χ4v) is 2.26. The molecule has 0 aromatic heterocycles. The van der Waals surface area contributed by atoms with Crippen molar-refractivity contribution < 1.29 is 9.63 Å². The number of carbonyl (C=O) groups is 1. The van der Waals surface area contributed by atoms with E-state index in [-0.39, 0.29) is 18.6 Å². The van der Waals surface area contributed by atoms with Crippen LogP contribution < -0.4 is 5.32 Å². The molecule has 0 aliphatic heterocycles. The van der Waals surface area contributed by atoms with Crippen LogP contribution in [0.5, 0.6) is 0 Å². The number of amides is 1. The molecule has 1 unspecified atom stereocenters. The first-order valence-electron chi connectivity index (χ1n) is 7.32. The van der Waals surface area contributed by atoms with Gasteiger partial charge in [-0.15, -0.1) is 0 Å². The molecule has 0 saturated heterocycles. The van der Waals surface area contributed by atoms with Crippen molar-refractivity contribution in [1.29, 1.82) is 0 Å². The van der Waals surface area contributed by atoms with Crippen LogP contribution in [-0.2, 0) is 9.63 Å². The van der Waals surface area contributed by atoms with Crippen LogP contribution in [-0.4, -0.2) is 18.7 Å². The number of halogens is 1. The summed E-state index contributed by atoms with van der Waals surface area (Å²) in [4.78, 5) is 16.9. The molecule has 0 spiro atoms. The number of oxime groups is 1. The van der Waals surface area contributed by atoms with Crippen molar-refractivity contribution in [2.75, 3.05) is 6.61 Å². The minimum Gasteiger partial charge on any atom is -0.386 e. The molecule has 0 aliphatic rings. The molecule has 23 heavy (non-hydrogen) atoms. The molecule has 0 radical (unpaired) electrons. The Morgan fingerprint density at radius 1 is 1.30 bits per heavy atom. The molecule has 1 atom stereocenters. The first kappa shape index (κ1) is 17.0. The smallest absolute Gasteiger partial charge is 0.261 e. The second kappa shape index (κ2) is 8.34. The maximum Gasteiger partial charge on any atom is 0.261 e. The zero-order chi connectivity index (χ0) is 16.7. The first-order chi connectivity index (χ1) is 11.1. The average Bonchev–Trinajstić information content (AvgIpc) is 2.53. The summed E-state index contributed by atoms with van der Waals surface area (Å²) in [5.41, 5.74) is 2.99. The molecule has 0 bridgehead atoms. The van der Waals surface area contributed by atoms with E-state index < -0.39 is 0 Å². The Bertz CT molecular complexity index is 701. The standard InChI is InChI=1S/C18H19ClN2O2/c1-13-6-3-4-7-16(13)11-20-23-12-18(22)21-14(2)15-8-5-9-17(19)10-15/h3-11,14H,12H2,1-2H3,(H,21,22)/b20-11+. The third kappa shape index (κ3) is 5.42. The lowest BCUT2D eigenvalue weighted by molar-refractivity contribution is -0.126. The molecule has 2 aromatic carbocycles. The van der Waals surface area contributed by atoms with Crippen LogP contribution in [0.1, 0.15) is 29.7 Å². The summed E-state index contributed by atoms with van der Waals surface area (Å²) in [7, 11) is 0. The number of hydrogen-bond acceptors (Lipinski definition) is 3. The monoisotopic (exact) mass is 330 g/mol. The lowest BCUT2D eigenvalue weighted by atomic mass is 10.1. The van der Waals surface area contributed by atoms with Gasteiger partial charge in [-0.05, 0) is 42.7 Å². The highest BCUT2D eigenvalue weighted by molar-refractivity contribution is 6.30. The summed E-state index contributed by atoms with van der Waals surface area (Å²) in [6.45, 7) is 3.74. The molecule has 5 heteroatoms. The number of aryl methyl sites for hydroxylation is 1. The van der Waals surface area contributed by atoms with Gasteiger partial charge >= 0.3 is 0 Å². The Kier molecular flexibility index (Phi) is 6.18. The quantitative estimate of drug-likeness (QED) is 0.645. The summed E-state index contributed by atoms with van der Waals surface area (Å²) in [5.74, 6) is -0.237. The molecule has 0 heterocycles. The first-order valence-corrected chi connectivity index (χ1v) is 7.70. The molecule has 0 saturated carbocycles. The van der Waals surface area contributed by atoms with Gasteiger partial charge in [0.2, 0.25) is 0 Å². The molecule has 0 fully saturated rings. The van der Waals surface area contributed by atoms with Crippen molar-refractivity contribution in [3.63, 3.8) is 0 Å². The van der Waals surface area contributed by atoms with Gasteiger partial charge in [0.1, 0.15) is 0 Å². The van der Waals surface area contributed by atoms with E-state index in [1.807, 2.05) is 56.3 Å². The largest absolute Gasteiger partial charge is 0.386 e. The molecule has 4 nitrogen and oxygen atoms in total. The zero-order valence-electron chi connectivity index (χ0n) is 13.1. The normalized spacial score (nSPS) is 12.1. The summed E-state index contributed by atoms with van der Waals surface area (Å²) in [5, 5.41) is 7.31. The topological polar surface area (TPSA) is 50.7 Å². The van der Waals surface area contributed by atoms with E-state index in [0.29, 0.717) is 5.02 Å². The van der Waals surface area contributed by atoms with Gasteiger partial charge in [-0.25, -0.2) is 0 Å². The van der Waals surface area contributed by atoms with Gasteiger partial charge in [-0.1, -0.05) is 53.2 Å². The number of nitrogens with zero attached hydrogens (tertiary/aromatic N) is 1. The van der Waals surface area contributed by atoms with E-state index in [1.165, 1.54) is 0 Å². The van der Waals surface area contributed by atoms with E-state index >= 15 is 0 Å². The molecule has 120 valence electrons. The Balaban J connectivity index is 1.80. The van der Waals surface area contributed by atoms with Crippen LogP contribution in [0.25, 0.3) is 0 Å². The second-order valence-corrected chi connectivity index (χ2v) is 5.65. The number of hydrogen-bond donors (Lipinski definition) is 1. The fraction of sp³-hybridized carbons (Fsp3) is 0.222. The number of benzene rings is 2. The van der Waals surface area contributed by atoms with E-state index in [4.69, 9.17) is 16.4 Å². The predicted molar refractivity (Wildman–Crippen MR) is 92.7 cm³/mol. The maximum absolute atomic E-state index is 11.8. The van der Waals surface area contributed by atoms with Crippen molar-refractivity contribution in [2.24, 2.45) is 5.16 Å². The Morgan fingerprint density at radius 3 is 2.83 bits per heavy atom. The van der Waals surface area contributed by atoms with Crippen LogP contribution in [0, 0.1) is 6.92 Å². The highest BCUT2D eigenvalue weighted by atomic mass is 35.5. The molecule has 2 aromatic rings. The van der Waals surface area contributed by atoms with Gasteiger partial charge in [0.25, 0.3) is 5.91 Å². The van der Waals surface area contributed by atoms with Crippen molar-refractivity contribution in [2.45, 2.75) is 19.9 Å². The lowest BCUT2D eigenvalue weighted by Crippen LogP contribution is -2.29. The lowest BCUT2D eigenvalue weighted by Gasteiger charge is -2.14. The van der Waals surface area contributed by atoms with Gasteiger partial charge in [0, 0.05) is 5.02 Å². The van der Waals surface area contributed by atoms with Crippen LogP contribution in [0.2, 0.25) is 5.02 Å². The van der Waals surface area contributed by atoms with Crippen LogP contribution in [0.3, 0.4) is 0 Å². The number of carbonyl (C=O) groups excluding carboxylic acids is 1. The van der Waals surface area contributed by atoms with Gasteiger partial charge in [-0.2, -0.15) is 0 Å². The van der Waals surface area contributed by atoms with Crippen molar-refractivity contribution in [1.82, 2.24) is 5.32 Å². The molecular weight excluding hydrogens is 312 g/mol. The van der Waals surface area contributed by atoms with Crippen molar-refractivity contribution in [3.05, 3.63) is 70.2 Å². The van der Waals surface area contributed by atoms with Crippen LogP contribution in [0.4, 0.5) is 0 Å². The summed E-state index contributed by atoms with van der Waals surface area (Å²) in [6, 6.07) is 15.0. The van der Waals surface area contributed by atoms with E-state index in [9.17, 15) is 4.79 Å². The average molecular weight is 331 g/mol. The number of nitrogens with one attached hydrogen (secondary N) is 1. The fourth-order valence-electron chi connectivity index (χ4n) is 2.06. The van der Waals surface area contributed by atoms with Crippen molar-refractivity contribution in [3.8, 4) is 0 Å². The SMILES string of the molecule is Cc1ccccc1/C=N/OCC(=O)NC(C)c1cccc(Cl)c1. The Morgan fingerprint density at radius 2 is 2.09 bits per heavy atom. The minimum absolute atomic E-state index is 0.132. The Labute approximate surface area is 141 Å². The third-order valence-corrected chi connectivity index (χ3v) is 3.61. The van der Waals surface area contributed by atoms with E-state index in [2.05, 4.69) is 10.5 Å². The minimum atomic E-state index is -0.237. The summed E-state index contributed by atoms with van der Waals surface area (Å²) < 4.78 is 0. The second-order valence-electron chi connectivity index (χ2n) is 5.21. The summed E-state index contributed by atoms with van der Waals surface area (Å²) >= 11 is 5.94. The zero-order valence-corrected chi connectivity index (χ0v) is 13.9. The molecule has 1 N–H and O–H groups in total. The van der Waals surface area contributed by atoms with Crippen LogP contribution in [0.15, 0.2) is 53.7 Å². The maximum atomic E-state index is 11.8. The van der Waals surface area contributed by atoms with E-state index in [0.717, 1.165) is 16.7 Å². The molecule has 2 rings (SSSR count). The van der Waals surface area contributed by atoms with Crippen LogP contribution >= 0.6 is 11.6 Å².